The van der Waals surface area contributed by atoms with E-state index in [0.717, 1.165) is 11.0 Å². The molecule has 2 aromatic carbocycles. The van der Waals surface area contributed by atoms with Crippen LogP contribution in [0.2, 0.25) is 0 Å². The second kappa shape index (κ2) is 8.79. The molecule has 2 aromatic rings. The van der Waals surface area contributed by atoms with Gasteiger partial charge in [0.2, 0.25) is 0 Å². The largest absolute Gasteiger partial charge is 0.435 e. The molecule has 2 atom stereocenters. The number of hydrogen-bond donors (Lipinski definition) is 1. The van der Waals surface area contributed by atoms with Crippen molar-refractivity contribution in [3.8, 4) is 5.75 Å². The van der Waals surface area contributed by atoms with E-state index in [0.29, 0.717) is 6.42 Å². The first kappa shape index (κ1) is 22.3. The molecule has 0 spiro atoms. The second-order valence-electron chi connectivity index (χ2n) is 7.02. The Morgan fingerprint density at radius 1 is 1.19 bits per heavy atom. The summed E-state index contributed by atoms with van der Waals surface area (Å²) in [6.45, 7) is 0.522. The Hall–Kier alpha value is -3.36. The van der Waals surface area contributed by atoms with Crippen LogP contribution >= 0.6 is 0 Å². The first-order valence-electron chi connectivity index (χ1n) is 9.44. The van der Waals surface area contributed by atoms with Crippen LogP contribution in [-0.2, 0) is 10.3 Å². The Morgan fingerprint density at radius 2 is 1.84 bits per heavy atom. The summed E-state index contributed by atoms with van der Waals surface area (Å²) in [5.74, 6) is -1.51. The van der Waals surface area contributed by atoms with Crippen molar-refractivity contribution in [1.29, 1.82) is 0 Å². The van der Waals surface area contributed by atoms with Crippen LogP contribution in [0.4, 0.5) is 17.6 Å². The maximum atomic E-state index is 14.7. The molecule has 1 heterocycles. The van der Waals surface area contributed by atoms with Crippen LogP contribution in [0.1, 0.15) is 35.7 Å². The maximum absolute atomic E-state index is 14.7. The zero-order valence-electron chi connectivity index (χ0n) is 16.7. The van der Waals surface area contributed by atoms with E-state index in [9.17, 15) is 22.4 Å². The van der Waals surface area contributed by atoms with Gasteiger partial charge in [-0.2, -0.15) is 8.78 Å². The van der Waals surface area contributed by atoms with Gasteiger partial charge in [-0.3, -0.25) is 9.69 Å². The average molecular weight is 435 g/mol. The Labute approximate surface area is 176 Å². The minimum Gasteiger partial charge on any atom is -0.435 e. The molecule has 0 bridgehead atoms. The van der Waals surface area contributed by atoms with E-state index in [4.69, 9.17) is 5.73 Å². The van der Waals surface area contributed by atoms with Gasteiger partial charge in [-0.25, -0.2) is 13.8 Å². The molecule has 1 amide bonds. The topological polar surface area (TPSA) is 67.9 Å². The number of aliphatic imine (C=N–C) groups is 1. The maximum Gasteiger partial charge on any atom is 0.387 e. The fourth-order valence-electron chi connectivity index (χ4n) is 3.49. The molecule has 0 fully saturated rings. The number of hydrogen-bond acceptors (Lipinski definition) is 4. The van der Waals surface area contributed by atoms with E-state index < -0.39 is 30.0 Å². The van der Waals surface area contributed by atoms with Crippen LogP contribution < -0.4 is 10.5 Å². The number of halogens is 4. The fraction of sp³-hybridized carbons (Fsp3) is 0.273. The molecule has 2 unspecified atom stereocenters. The standard InChI is InChI=1S/C22H21F4N3O2/c1-3-4-5-17(23)16-12-14(8-11-18(16)24)22(19(30)29(2)21(27)28-22)13-6-9-15(10-7-13)31-20(25)26/h3,6-12,17,20H,1,4-5H2,2H3,(H2,27,28). The van der Waals surface area contributed by atoms with Crippen molar-refractivity contribution >= 4 is 11.9 Å². The Balaban J connectivity index is 2.14. The van der Waals surface area contributed by atoms with E-state index in [2.05, 4.69) is 16.3 Å². The van der Waals surface area contributed by atoms with Gasteiger partial charge in [0.05, 0.1) is 0 Å². The van der Waals surface area contributed by atoms with Crippen molar-refractivity contribution in [3.63, 3.8) is 0 Å². The molecule has 5 nitrogen and oxygen atoms in total. The number of alkyl halides is 3. The normalized spacial score (nSPS) is 19.5. The Morgan fingerprint density at radius 3 is 2.39 bits per heavy atom. The lowest BCUT2D eigenvalue weighted by molar-refractivity contribution is -0.129. The fourth-order valence-corrected chi connectivity index (χ4v) is 3.49. The van der Waals surface area contributed by atoms with Gasteiger partial charge >= 0.3 is 6.61 Å². The zero-order valence-corrected chi connectivity index (χ0v) is 16.7. The summed E-state index contributed by atoms with van der Waals surface area (Å²) in [5.41, 5.74) is 4.43. The van der Waals surface area contributed by atoms with Gasteiger partial charge in [-0.15, -0.1) is 6.58 Å². The third kappa shape index (κ3) is 4.12. The molecular formula is C22H21F4N3O2. The number of likely N-dealkylation sites (N-methyl/N-ethyl adjacent to an activating group) is 1. The molecule has 0 radical (unpaired) electrons. The first-order valence-corrected chi connectivity index (χ1v) is 9.44. The lowest BCUT2D eigenvalue weighted by Crippen LogP contribution is -2.41. The lowest BCUT2D eigenvalue weighted by Gasteiger charge is -2.27. The van der Waals surface area contributed by atoms with E-state index in [1.807, 2.05) is 0 Å². The summed E-state index contributed by atoms with van der Waals surface area (Å²) >= 11 is 0. The molecule has 164 valence electrons. The Bertz CT molecular complexity index is 1010. The highest BCUT2D eigenvalue weighted by Gasteiger charge is 2.49. The predicted octanol–water partition coefficient (Wildman–Crippen LogP) is 4.43. The highest BCUT2D eigenvalue weighted by molar-refractivity contribution is 6.08. The van der Waals surface area contributed by atoms with E-state index >= 15 is 0 Å². The number of carbonyl (C=O) groups is 1. The smallest absolute Gasteiger partial charge is 0.387 e. The summed E-state index contributed by atoms with van der Waals surface area (Å²) in [4.78, 5) is 18.7. The van der Waals surface area contributed by atoms with E-state index in [-0.39, 0.29) is 34.8 Å². The van der Waals surface area contributed by atoms with Crippen molar-refractivity contribution in [2.75, 3.05) is 7.05 Å². The zero-order chi connectivity index (χ0) is 22.8. The number of nitrogens with two attached hydrogens (primary N) is 1. The van der Waals surface area contributed by atoms with Crippen molar-refractivity contribution in [1.82, 2.24) is 4.90 Å². The van der Waals surface area contributed by atoms with Gasteiger partial charge in [0, 0.05) is 12.6 Å². The van der Waals surface area contributed by atoms with Gasteiger partial charge in [0.1, 0.15) is 17.7 Å². The summed E-state index contributed by atoms with van der Waals surface area (Å²) in [5, 5.41) is 0. The second-order valence-corrected chi connectivity index (χ2v) is 7.02. The third-order valence-corrected chi connectivity index (χ3v) is 5.11. The quantitative estimate of drug-likeness (QED) is 0.493. The summed E-state index contributed by atoms with van der Waals surface area (Å²) in [6.07, 6.45) is 0.274. The van der Waals surface area contributed by atoms with Gasteiger partial charge in [-0.1, -0.05) is 24.3 Å². The molecule has 1 aliphatic heterocycles. The minimum absolute atomic E-state index is 0.0236. The molecule has 0 aromatic heterocycles. The number of rotatable bonds is 8. The highest BCUT2D eigenvalue weighted by atomic mass is 19.3. The van der Waals surface area contributed by atoms with E-state index in [1.54, 1.807) is 0 Å². The van der Waals surface area contributed by atoms with Crippen LogP contribution in [0.25, 0.3) is 0 Å². The predicted molar refractivity (Wildman–Crippen MR) is 108 cm³/mol. The highest BCUT2D eigenvalue weighted by Crippen LogP contribution is 2.41. The molecule has 0 saturated heterocycles. The number of ether oxygens (including phenoxy) is 1. The summed E-state index contributed by atoms with van der Waals surface area (Å²) < 4.78 is 58.3. The lowest BCUT2D eigenvalue weighted by atomic mass is 9.81. The van der Waals surface area contributed by atoms with Crippen molar-refractivity contribution in [3.05, 3.63) is 77.6 Å². The average Bonchev–Trinajstić information content (AvgIpc) is 2.97. The molecule has 9 heteroatoms. The van der Waals surface area contributed by atoms with Crippen molar-refractivity contribution in [2.45, 2.75) is 31.2 Å². The van der Waals surface area contributed by atoms with Crippen molar-refractivity contribution < 1.29 is 27.1 Å². The van der Waals surface area contributed by atoms with Gasteiger partial charge in [0.15, 0.2) is 11.5 Å². The van der Waals surface area contributed by atoms with Gasteiger partial charge in [-0.05, 0) is 48.2 Å². The first-order chi connectivity index (χ1) is 14.7. The number of carbonyl (C=O) groups excluding carboxylic acids is 1. The third-order valence-electron chi connectivity index (χ3n) is 5.11. The summed E-state index contributed by atoms with van der Waals surface area (Å²) in [6, 6.07) is 8.94. The number of amides is 1. The number of guanidine groups is 1. The SMILES string of the molecule is C=CCCC(F)c1cc(C2(c3ccc(OC(F)F)cc3)N=C(N)N(C)C2=O)ccc1F. The number of allylic oxidation sites excluding steroid dienone is 1. The molecule has 31 heavy (non-hydrogen) atoms. The molecule has 0 saturated carbocycles. The van der Waals surface area contributed by atoms with E-state index in [1.165, 1.54) is 49.5 Å². The van der Waals surface area contributed by atoms with Crippen LogP contribution in [0.5, 0.6) is 5.75 Å². The van der Waals surface area contributed by atoms with Crippen LogP contribution in [0.3, 0.4) is 0 Å². The molecule has 0 aliphatic carbocycles. The number of nitrogens with zero attached hydrogens (tertiary/aromatic N) is 2. The minimum atomic E-state index is -3.01. The van der Waals surface area contributed by atoms with Crippen LogP contribution in [-0.4, -0.2) is 30.4 Å². The van der Waals surface area contributed by atoms with Gasteiger partial charge in [0.25, 0.3) is 5.91 Å². The summed E-state index contributed by atoms with van der Waals surface area (Å²) in [7, 11) is 1.42. The van der Waals surface area contributed by atoms with Crippen LogP contribution in [0, 0.1) is 5.82 Å². The number of benzene rings is 2. The van der Waals surface area contributed by atoms with Crippen molar-refractivity contribution in [2.24, 2.45) is 10.7 Å². The van der Waals surface area contributed by atoms with Crippen LogP contribution in [0.15, 0.2) is 60.1 Å². The molecule has 3 rings (SSSR count). The molecule has 1 aliphatic rings. The van der Waals surface area contributed by atoms with Gasteiger partial charge < -0.3 is 10.5 Å². The monoisotopic (exact) mass is 435 g/mol. The molecular weight excluding hydrogens is 414 g/mol. The molecule has 2 N–H and O–H groups in total. The Kier molecular flexibility index (Phi) is 6.33.